The molecule has 0 saturated heterocycles. The average Bonchev–Trinajstić information content (AvgIpc) is 3.06. The SMILES string of the molecule is Cc1sc2c(c1C)C(c1ccc(Cl)cc1)=N[C@@H](CO)c1nnc(C)n1-2. The fourth-order valence-electron chi connectivity index (χ4n) is 3.12. The van der Waals surface area contributed by atoms with Crippen molar-refractivity contribution < 1.29 is 5.11 Å². The smallest absolute Gasteiger partial charge is 0.165 e. The fraction of sp³-hybridized carbons (Fsp3) is 0.278. The lowest BCUT2D eigenvalue weighted by molar-refractivity contribution is 0.263. The van der Waals surface area contributed by atoms with Gasteiger partial charge in [0.1, 0.15) is 16.9 Å². The van der Waals surface area contributed by atoms with Crippen LogP contribution in [0, 0.1) is 20.8 Å². The van der Waals surface area contributed by atoms with Crippen LogP contribution in [0.1, 0.15) is 39.3 Å². The fourth-order valence-corrected chi connectivity index (χ4v) is 4.46. The van der Waals surface area contributed by atoms with Crippen LogP contribution in [0.25, 0.3) is 5.00 Å². The first-order valence-electron chi connectivity index (χ1n) is 7.98. The first-order chi connectivity index (χ1) is 12.0. The maximum atomic E-state index is 9.92. The molecule has 3 heterocycles. The Kier molecular flexibility index (Phi) is 3.98. The van der Waals surface area contributed by atoms with Crippen LogP contribution in [0.5, 0.6) is 0 Å². The highest BCUT2D eigenvalue weighted by Crippen LogP contribution is 2.38. The number of nitrogens with zero attached hydrogens (tertiary/aromatic N) is 4. The van der Waals surface area contributed by atoms with Gasteiger partial charge in [0.2, 0.25) is 0 Å². The third-order valence-electron chi connectivity index (χ3n) is 4.53. The predicted molar refractivity (Wildman–Crippen MR) is 100 cm³/mol. The molecular formula is C18H17ClN4OS. The number of aliphatic imine (C=N–C) groups is 1. The highest BCUT2D eigenvalue weighted by Gasteiger charge is 2.30. The second-order valence-corrected chi connectivity index (χ2v) is 7.73. The van der Waals surface area contributed by atoms with Crippen molar-refractivity contribution in [1.82, 2.24) is 14.8 Å². The molecule has 0 aliphatic carbocycles. The van der Waals surface area contributed by atoms with Gasteiger partial charge in [-0.3, -0.25) is 9.56 Å². The molecule has 128 valence electrons. The van der Waals surface area contributed by atoms with Crippen molar-refractivity contribution >= 4 is 28.6 Å². The van der Waals surface area contributed by atoms with E-state index in [1.165, 1.54) is 10.4 Å². The molecule has 0 saturated carbocycles. The molecule has 0 bridgehead atoms. The van der Waals surface area contributed by atoms with Gasteiger partial charge in [-0.2, -0.15) is 0 Å². The second-order valence-electron chi connectivity index (χ2n) is 6.09. The lowest BCUT2D eigenvalue weighted by Crippen LogP contribution is -2.09. The third kappa shape index (κ3) is 2.52. The molecule has 25 heavy (non-hydrogen) atoms. The molecule has 0 unspecified atom stereocenters. The van der Waals surface area contributed by atoms with Gasteiger partial charge in [0.05, 0.1) is 12.3 Å². The predicted octanol–water partition coefficient (Wildman–Crippen LogP) is 3.79. The van der Waals surface area contributed by atoms with Crippen LogP contribution in [0.4, 0.5) is 0 Å². The minimum atomic E-state index is -0.453. The summed E-state index contributed by atoms with van der Waals surface area (Å²) >= 11 is 7.75. The number of aryl methyl sites for hydroxylation is 2. The van der Waals surface area contributed by atoms with Gasteiger partial charge in [0.25, 0.3) is 0 Å². The number of aromatic nitrogens is 3. The molecule has 5 nitrogen and oxygen atoms in total. The van der Waals surface area contributed by atoms with Gasteiger partial charge in [-0.1, -0.05) is 23.7 Å². The van der Waals surface area contributed by atoms with Crippen LogP contribution in [0.3, 0.4) is 0 Å². The van der Waals surface area contributed by atoms with Gasteiger partial charge >= 0.3 is 0 Å². The lowest BCUT2D eigenvalue weighted by Gasteiger charge is -2.10. The Labute approximate surface area is 154 Å². The van der Waals surface area contributed by atoms with E-state index in [2.05, 4.69) is 24.0 Å². The largest absolute Gasteiger partial charge is 0.394 e. The number of aliphatic hydroxyl groups excluding tert-OH is 1. The molecule has 0 spiro atoms. The number of thiophene rings is 1. The maximum Gasteiger partial charge on any atom is 0.165 e. The zero-order chi connectivity index (χ0) is 17.7. The van der Waals surface area contributed by atoms with Gasteiger partial charge < -0.3 is 5.11 Å². The Bertz CT molecular complexity index is 987. The molecule has 1 N–H and O–H groups in total. The Morgan fingerprint density at radius 3 is 2.56 bits per heavy atom. The maximum absolute atomic E-state index is 9.92. The van der Waals surface area contributed by atoms with Crippen LogP contribution < -0.4 is 0 Å². The van der Waals surface area contributed by atoms with Crippen LogP contribution in [-0.4, -0.2) is 32.2 Å². The van der Waals surface area contributed by atoms with Gasteiger partial charge in [0.15, 0.2) is 5.82 Å². The van der Waals surface area contributed by atoms with E-state index in [-0.39, 0.29) is 6.61 Å². The molecule has 0 fully saturated rings. The summed E-state index contributed by atoms with van der Waals surface area (Å²) in [6.07, 6.45) is 0. The summed E-state index contributed by atoms with van der Waals surface area (Å²) in [6, 6.07) is 7.19. The molecule has 1 aliphatic heterocycles. The highest BCUT2D eigenvalue weighted by atomic mass is 35.5. The molecule has 1 aromatic carbocycles. The minimum Gasteiger partial charge on any atom is -0.394 e. The Morgan fingerprint density at radius 2 is 1.88 bits per heavy atom. The summed E-state index contributed by atoms with van der Waals surface area (Å²) < 4.78 is 2.02. The van der Waals surface area contributed by atoms with Crippen molar-refractivity contribution in [1.29, 1.82) is 0 Å². The number of rotatable bonds is 2. The second kappa shape index (κ2) is 6.05. The summed E-state index contributed by atoms with van der Waals surface area (Å²) in [5, 5.41) is 20.1. The van der Waals surface area contributed by atoms with Crippen molar-refractivity contribution in [3.05, 3.63) is 62.5 Å². The van der Waals surface area contributed by atoms with Crippen molar-refractivity contribution in [2.24, 2.45) is 4.99 Å². The highest BCUT2D eigenvalue weighted by molar-refractivity contribution is 7.15. The van der Waals surface area contributed by atoms with Crippen molar-refractivity contribution in [2.75, 3.05) is 6.61 Å². The summed E-state index contributed by atoms with van der Waals surface area (Å²) in [4.78, 5) is 6.10. The van der Waals surface area contributed by atoms with E-state index in [0.717, 1.165) is 27.7 Å². The van der Waals surface area contributed by atoms with Crippen LogP contribution >= 0.6 is 22.9 Å². The zero-order valence-corrected chi connectivity index (χ0v) is 15.7. The topological polar surface area (TPSA) is 63.3 Å². The van der Waals surface area contributed by atoms with Gasteiger partial charge in [-0.25, -0.2) is 0 Å². The number of halogens is 1. The van der Waals surface area contributed by atoms with Crippen molar-refractivity contribution in [2.45, 2.75) is 26.8 Å². The normalized spacial score (nSPS) is 16.2. The molecular weight excluding hydrogens is 356 g/mol. The number of benzene rings is 1. The molecule has 2 aromatic heterocycles. The first kappa shape index (κ1) is 16.4. The van der Waals surface area contributed by atoms with E-state index in [0.29, 0.717) is 10.8 Å². The quantitative estimate of drug-likeness (QED) is 0.744. The number of hydrogen-bond acceptors (Lipinski definition) is 5. The lowest BCUT2D eigenvalue weighted by atomic mass is 10.00. The zero-order valence-electron chi connectivity index (χ0n) is 14.1. The van der Waals surface area contributed by atoms with Gasteiger partial charge in [0, 0.05) is 21.0 Å². The standard InChI is InChI=1S/C18H17ClN4OS/c1-9-10(2)25-18-15(9)16(12-4-6-13(19)7-5-12)20-14(8-24)17-22-21-11(3)23(17)18/h4-7,14,24H,8H2,1-3H3/t14-/m0/s1. The Hall–Kier alpha value is -2.02. The van der Waals surface area contributed by atoms with E-state index < -0.39 is 6.04 Å². The Morgan fingerprint density at radius 1 is 1.16 bits per heavy atom. The molecule has 0 amide bonds. The van der Waals surface area contributed by atoms with E-state index in [1.54, 1.807) is 11.3 Å². The monoisotopic (exact) mass is 372 g/mol. The molecule has 0 radical (unpaired) electrons. The third-order valence-corrected chi connectivity index (χ3v) is 5.97. The van der Waals surface area contributed by atoms with Crippen LogP contribution in [0.2, 0.25) is 5.02 Å². The summed E-state index contributed by atoms with van der Waals surface area (Å²) in [5.74, 6) is 1.47. The number of hydrogen-bond donors (Lipinski definition) is 1. The average molecular weight is 373 g/mol. The summed E-state index contributed by atoms with van der Waals surface area (Å²) in [6.45, 7) is 6.01. The minimum absolute atomic E-state index is 0.123. The summed E-state index contributed by atoms with van der Waals surface area (Å²) in [7, 11) is 0. The van der Waals surface area contributed by atoms with E-state index in [9.17, 15) is 5.11 Å². The van der Waals surface area contributed by atoms with Crippen molar-refractivity contribution in [3.8, 4) is 5.00 Å². The van der Waals surface area contributed by atoms with Gasteiger partial charge in [-0.15, -0.1) is 21.5 Å². The van der Waals surface area contributed by atoms with Crippen molar-refractivity contribution in [3.63, 3.8) is 0 Å². The molecule has 1 aliphatic rings. The molecule has 3 aromatic rings. The van der Waals surface area contributed by atoms with E-state index in [4.69, 9.17) is 16.6 Å². The summed E-state index contributed by atoms with van der Waals surface area (Å²) in [5.41, 5.74) is 4.09. The molecule has 7 heteroatoms. The molecule has 4 rings (SSSR count). The Balaban J connectivity index is 2.05. The molecule has 1 atom stereocenters. The first-order valence-corrected chi connectivity index (χ1v) is 9.18. The number of aliphatic hydroxyl groups is 1. The van der Waals surface area contributed by atoms with E-state index in [1.807, 2.05) is 35.8 Å². The van der Waals surface area contributed by atoms with E-state index >= 15 is 0 Å². The van der Waals surface area contributed by atoms with Crippen LogP contribution in [-0.2, 0) is 0 Å². The number of fused-ring (bicyclic) bond motifs is 3. The van der Waals surface area contributed by atoms with Gasteiger partial charge in [-0.05, 0) is 38.5 Å². The van der Waals surface area contributed by atoms with Crippen LogP contribution in [0.15, 0.2) is 29.3 Å².